The zero-order valence-corrected chi connectivity index (χ0v) is 9.96. The first-order valence-corrected chi connectivity index (χ1v) is 5.51. The Bertz CT molecular complexity index is 513. The fourth-order valence-corrected chi connectivity index (χ4v) is 1.70. The molecule has 0 aliphatic heterocycles. The minimum absolute atomic E-state index is 0.0355. The van der Waals surface area contributed by atoms with Crippen molar-refractivity contribution in [2.45, 2.75) is 13.0 Å². The largest absolute Gasteiger partial charge is 0.467 e. The molecule has 1 aromatic heterocycles. The van der Waals surface area contributed by atoms with E-state index in [1.54, 1.807) is 24.5 Å². The highest BCUT2D eigenvalue weighted by Crippen LogP contribution is 2.31. The number of nitrogen functional groups attached to an aromatic ring is 1. The van der Waals surface area contributed by atoms with Crippen molar-refractivity contribution in [3.05, 3.63) is 47.1 Å². The van der Waals surface area contributed by atoms with Gasteiger partial charge in [-0.25, -0.2) is 4.39 Å². The van der Waals surface area contributed by atoms with Crippen LogP contribution in [0.25, 0.3) is 0 Å². The van der Waals surface area contributed by atoms with Crippen LogP contribution in [0.15, 0.2) is 34.9 Å². The Balaban J connectivity index is 2.27. The summed E-state index contributed by atoms with van der Waals surface area (Å²) in [7, 11) is 0. The van der Waals surface area contributed by atoms with Crippen molar-refractivity contribution in [3.8, 4) is 0 Å². The maximum atomic E-state index is 13.8. The Kier molecular flexibility index (Phi) is 3.24. The van der Waals surface area contributed by atoms with Crippen LogP contribution >= 0.6 is 11.6 Å². The minimum Gasteiger partial charge on any atom is -0.467 e. The summed E-state index contributed by atoms with van der Waals surface area (Å²) in [6.07, 6.45) is 1.56. The molecule has 90 valence electrons. The molecular formula is C12H12ClFN2O. The highest BCUT2D eigenvalue weighted by molar-refractivity contribution is 6.31. The van der Waals surface area contributed by atoms with Crippen molar-refractivity contribution in [1.29, 1.82) is 0 Å². The van der Waals surface area contributed by atoms with E-state index in [-0.39, 0.29) is 16.8 Å². The number of nitrogens with two attached hydrogens (primary N) is 1. The van der Waals surface area contributed by atoms with Gasteiger partial charge in [-0.3, -0.25) is 0 Å². The molecule has 0 aliphatic carbocycles. The first-order chi connectivity index (χ1) is 8.09. The van der Waals surface area contributed by atoms with E-state index in [1.165, 1.54) is 6.07 Å². The molecule has 0 bridgehead atoms. The minimum atomic E-state index is -0.551. The molecule has 0 radical (unpaired) electrons. The molecule has 2 rings (SSSR count). The summed E-state index contributed by atoms with van der Waals surface area (Å²) in [5.41, 5.74) is 6.21. The molecule has 0 fully saturated rings. The van der Waals surface area contributed by atoms with E-state index in [9.17, 15) is 4.39 Å². The summed E-state index contributed by atoms with van der Waals surface area (Å²) in [6.45, 7) is 1.85. The molecule has 0 saturated carbocycles. The number of nitrogens with one attached hydrogen (secondary N) is 1. The van der Waals surface area contributed by atoms with E-state index < -0.39 is 5.82 Å². The van der Waals surface area contributed by atoms with Gasteiger partial charge in [0.15, 0.2) is 5.82 Å². The van der Waals surface area contributed by atoms with Gasteiger partial charge in [0, 0.05) is 0 Å². The number of halogens is 2. The Hall–Kier alpha value is -1.68. The fraction of sp³-hybridized carbons (Fsp3) is 0.167. The smallest absolute Gasteiger partial charge is 0.166 e. The molecule has 3 nitrogen and oxygen atoms in total. The van der Waals surface area contributed by atoms with Gasteiger partial charge in [0.05, 0.1) is 28.7 Å². The Morgan fingerprint density at radius 1 is 1.41 bits per heavy atom. The van der Waals surface area contributed by atoms with E-state index in [0.29, 0.717) is 11.4 Å². The van der Waals surface area contributed by atoms with Gasteiger partial charge in [-0.15, -0.1) is 0 Å². The quantitative estimate of drug-likeness (QED) is 0.819. The third-order valence-corrected chi connectivity index (χ3v) is 2.75. The van der Waals surface area contributed by atoms with Crippen molar-refractivity contribution >= 4 is 23.0 Å². The molecular weight excluding hydrogens is 243 g/mol. The first-order valence-electron chi connectivity index (χ1n) is 5.13. The van der Waals surface area contributed by atoms with Crippen LogP contribution in [-0.4, -0.2) is 0 Å². The maximum absolute atomic E-state index is 13.8. The van der Waals surface area contributed by atoms with Gasteiger partial charge >= 0.3 is 0 Å². The molecule has 0 spiro atoms. The van der Waals surface area contributed by atoms with Crippen LogP contribution < -0.4 is 11.1 Å². The average Bonchev–Trinajstić information content (AvgIpc) is 2.83. The second-order valence-electron chi connectivity index (χ2n) is 3.71. The summed E-state index contributed by atoms with van der Waals surface area (Å²) in [5, 5.41) is 2.98. The van der Waals surface area contributed by atoms with Crippen LogP contribution in [0.2, 0.25) is 5.02 Å². The monoisotopic (exact) mass is 254 g/mol. The molecule has 2 aromatic rings. The zero-order chi connectivity index (χ0) is 12.4. The van der Waals surface area contributed by atoms with Crippen molar-refractivity contribution < 1.29 is 8.81 Å². The van der Waals surface area contributed by atoms with Gasteiger partial charge in [-0.1, -0.05) is 11.6 Å². The van der Waals surface area contributed by atoms with Crippen LogP contribution in [0.1, 0.15) is 18.7 Å². The number of hydrogen-bond donors (Lipinski definition) is 2. The molecule has 0 amide bonds. The summed E-state index contributed by atoms with van der Waals surface area (Å²) in [4.78, 5) is 0. The lowest BCUT2D eigenvalue weighted by atomic mass is 10.2. The van der Waals surface area contributed by atoms with Crippen molar-refractivity contribution in [1.82, 2.24) is 0 Å². The normalized spacial score (nSPS) is 12.4. The van der Waals surface area contributed by atoms with E-state index in [4.69, 9.17) is 21.8 Å². The maximum Gasteiger partial charge on any atom is 0.166 e. The fourth-order valence-electron chi connectivity index (χ4n) is 1.54. The van der Waals surface area contributed by atoms with Crippen molar-refractivity contribution in [2.24, 2.45) is 0 Å². The molecule has 17 heavy (non-hydrogen) atoms. The van der Waals surface area contributed by atoms with Gasteiger partial charge in [-0.05, 0) is 31.2 Å². The summed E-state index contributed by atoms with van der Waals surface area (Å²) in [5.74, 6) is 0.147. The summed E-state index contributed by atoms with van der Waals surface area (Å²) < 4.78 is 19.0. The standard InChI is InChI=1S/C12H12ClFN2O/c1-7(10-3-2-6-17-10)16-12-9(15)5-4-8(13)11(12)14/h2-7,16H,15H2,1H3. The number of furan rings is 1. The second kappa shape index (κ2) is 4.67. The highest BCUT2D eigenvalue weighted by Gasteiger charge is 2.15. The second-order valence-corrected chi connectivity index (χ2v) is 4.11. The molecule has 1 aromatic carbocycles. The number of anilines is 2. The summed E-state index contributed by atoms with van der Waals surface area (Å²) >= 11 is 5.70. The van der Waals surface area contributed by atoms with E-state index >= 15 is 0 Å². The molecule has 0 aliphatic rings. The van der Waals surface area contributed by atoms with Gasteiger partial charge < -0.3 is 15.5 Å². The van der Waals surface area contributed by atoms with Crippen LogP contribution in [0.3, 0.4) is 0 Å². The molecule has 3 N–H and O–H groups in total. The predicted molar refractivity (Wildman–Crippen MR) is 66.6 cm³/mol. The van der Waals surface area contributed by atoms with Gasteiger partial charge in [0.2, 0.25) is 0 Å². The van der Waals surface area contributed by atoms with E-state index in [2.05, 4.69) is 5.32 Å². The lowest BCUT2D eigenvalue weighted by molar-refractivity contribution is 0.489. The lowest BCUT2D eigenvalue weighted by Gasteiger charge is -2.16. The molecule has 0 saturated heterocycles. The van der Waals surface area contributed by atoms with Gasteiger partial charge in [0.1, 0.15) is 5.76 Å². The molecule has 1 unspecified atom stereocenters. The first kappa shape index (κ1) is 11.8. The van der Waals surface area contributed by atoms with Crippen LogP contribution in [0, 0.1) is 5.82 Å². The topological polar surface area (TPSA) is 51.2 Å². The zero-order valence-electron chi connectivity index (χ0n) is 9.21. The molecule has 1 heterocycles. The van der Waals surface area contributed by atoms with Crippen molar-refractivity contribution in [3.63, 3.8) is 0 Å². The number of hydrogen-bond acceptors (Lipinski definition) is 3. The predicted octanol–water partition coefficient (Wildman–Crippen LogP) is 3.83. The SMILES string of the molecule is CC(Nc1c(N)ccc(Cl)c1F)c1ccco1. The van der Waals surface area contributed by atoms with Crippen LogP contribution in [-0.2, 0) is 0 Å². The number of benzene rings is 1. The van der Waals surface area contributed by atoms with Gasteiger partial charge in [-0.2, -0.15) is 0 Å². The Labute approximate surface area is 103 Å². The molecule has 1 atom stereocenters. The summed E-state index contributed by atoms with van der Waals surface area (Å²) in [6, 6.07) is 6.36. The highest BCUT2D eigenvalue weighted by atomic mass is 35.5. The third-order valence-electron chi connectivity index (χ3n) is 2.46. The lowest BCUT2D eigenvalue weighted by Crippen LogP contribution is -2.09. The van der Waals surface area contributed by atoms with E-state index in [1.807, 2.05) is 6.92 Å². The van der Waals surface area contributed by atoms with Crippen molar-refractivity contribution in [2.75, 3.05) is 11.1 Å². The Morgan fingerprint density at radius 3 is 2.82 bits per heavy atom. The van der Waals surface area contributed by atoms with E-state index in [0.717, 1.165) is 0 Å². The van der Waals surface area contributed by atoms with Gasteiger partial charge in [0.25, 0.3) is 0 Å². The van der Waals surface area contributed by atoms with Crippen LogP contribution in [0.5, 0.6) is 0 Å². The number of rotatable bonds is 3. The van der Waals surface area contributed by atoms with Crippen LogP contribution in [0.4, 0.5) is 15.8 Å². The Morgan fingerprint density at radius 2 is 2.18 bits per heavy atom. The average molecular weight is 255 g/mol. The third kappa shape index (κ3) is 2.36. The molecule has 5 heteroatoms.